The fraction of sp³-hybridized carbons (Fsp3) is 0.176. The minimum Gasteiger partial charge on any atom is -0.305 e. The molecular weight excluding hydrogens is 689 g/mol. The summed E-state index contributed by atoms with van der Waals surface area (Å²) >= 11 is 1.86. The maximum atomic E-state index is 4.52. The standard InChI is InChI=1S/C20H18NSSi.C14H12N.Ir/c1-23(2,3)18-12-7-11-17-19(18)15-9-6-8-14(20(15)22-17)16-10-4-5-13-21-16;1-2-4-12(5-3-1)14-10-13(8-9-15-14)11-6-7-11;/h4-7,9-13H,1-3H3;1-4,8-11H,6-7H2;/q2*-1;. The molecule has 1 aliphatic carbocycles. The van der Waals surface area contributed by atoms with E-state index in [-0.39, 0.29) is 20.1 Å². The third-order valence-electron chi connectivity index (χ3n) is 7.00. The van der Waals surface area contributed by atoms with Crippen molar-refractivity contribution in [3.05, 3.63) is 115 Å². The van der Waals surface area contributed by atoms with Crippen molar-refractivity contribution < 1.29 is 20.1 Å². The molecule has 0 saturated heterocycles. The second kappa shape index (κ2) is 11.7. The van der Waals surface area contributed by atoms with Crippen molar-refractivity contribution in [1.82, 2.24) is 9.97 Å². The molecule has 6 aromatic rings. The number of hydrogen-bond donors (Lipinski definition) is 0. The first-order valence-electron chi connectivity index (χ1n) is 13.2. The van der Waals surface area contributed by atoms with Crippen LogP contribution in [0.5, 0.6) is 0 Å². The van der Waals surface area contributed by atoms with E-state index in [2.05, 4.69) is 90.3 Å². The van der Waals surface area contributed by atoms with Crippen LogP contribution in [0.3, 0.4) is 0 Å². The second-order valence-electron chi connectivity index (χ2n) is 10.9. The summed E-state index contributed by atoms with van der Waals surface area (Å²) in [5.74, 6) is 0.787. The first kappa shape index (κ1) is 27.6. The van der Waals surface area contributed by atoms with Gasteiger partial charge in [-0.05, 0) is 58.4 Å². The summed E-state index contributed by atoms with van der Waals surface area (Å²) in [4.78, 5) is 8.91. The first-order chi connectivity index (χ1) is 18.5. The van der Waals surface area contributed by atoms with Crippen molar-refractivity contribution in [2.24, 2.45) is 0 Å². The van der Waals surface area contributed by atoms with Gasteiger partial charge in [0.05, 0.1) is 8.07 Å². The van der Waals surface area contributed by atoms with Crippen molar-refractivity contribution in [2.75, 3.05) is 0 Å². The van der Waals surface area contributed by atoms with Gasteiger partial charge < -0.3 is 9.97 Å². The van der Waals surface area contributed by atoms with E-state index in [4.69, 9.17) is 0 Å². The molecule has 1 radical (unpaired) electrons. The van der Waals surface area contributed by atoms with Gasteiger partial charge in [0.15, 0.2) is 0 Å². The van der Waals surface area contributed by atoms with Crippen LogP contribution in [0.2, 0.25) is 19.6 Å². The molecule has 39 heavy (non-hydrogen) atoms. The molecule has 0 aliphatic heterocycles. The van der Waals surface area contributed by atoms with E-state index < -0.39 is 8.07 Å². The smallest absolute Gasteiger partial charge is 0.0783 e. The van der Waals surface area contributed by atoms with Gasteiger partial charge in [0.2, 0.25) is 0 Å². The van der Waals surface area contributed by atoms with E-state index in [1.54, 1.807) is 5.19 Å². The van der Waals surface area contributed by atoms with Gasteiger partial charge in [-0.15, -0.1) is 59.7 Å². The van der Waals surface area contributed by atoms with Crippen molar-refractivity contribution in [3.8, 4) is 22.5 Å². The summed E-state index contributed by atoms with van der Waals surface area (Å²) in [5.41, 5.74) is 5.67. The van der Waals surface area contributed by atoms with Crippen LogP contribution in [0.25, 0.3) is 42.7 Å². The minimum absolute atomic E-state index is 0. The Kier molecular flexibility index (Phi) is 8.25. The fourth-order valence-electron chi connectivity index (χ4n) is 4.93. The van der Waals surface area contributed by atoms with Gasteiger partial charge in [-0.3, -0.25) is 0 Å². The average Bonchev–Trinajstić information content (AvgIpc) is 3.74. The van der Waals surface area contributed by atoms with Gasteiger partial charge in [-0.2, -0.15) is 11.3 Å². The molecular formula is C34H30IrN2SSi-2. The number of fused-ring (bicyclic) bond motifs is 3. The van der Waals surface area contributed by atoms with Crippen molar-refractivity contribution in [1.29, 1.82) is 0 Å². The summed E-state index contributed by atoms with van der Waals surface area (Å²) in [5, 5.41) is 4.33. The largest absolute Gasteiger partial charge is 0.305 e. The molecule has 1 saturated carbocycles. The van der Waals surface area contributed by atoms with Gasteiger partial charge in [-0.25, -0.2) is 0 Å². The molecule has 3 heterocycles. The SMILES string of the molecule is C[Si](C)(C)c1cccc2sc3c(-c4ccccn4)[c-]ccc3c12.[Ir].[c-]1ccccc1-c1cc(C2CC2)ccn1. The van der Waals surface area contributed by atoms with Gasteiger partial charge in [0.1, 0.15) is 0 Å². The Morgan fingerprint density at radius 2 is 1.62 bits per heavy atom. The maximum absolute atomic E-state index is 4.52. The number of aromatic nitrogens is 2. The molecule has 0 unspecified atom stereocenters. The van der Waals surface area contributed by atoms with Gasteiger partial charge in [0, 0.05) is 37.2 Å². The van der Waals surface area contributed by atoms with Crippen LogP contribution in [0, 0.1) is 12.1 Å². The van der Waals surface area contributed by atoms with Gasteiger partial charge >= 0.3 is 0 Å². The minimum atomic E-state index is -1.39. The normalized spacial score (nSPS) is 13.0. The van der Waals surface area contributed by atoms with Crippen LogP contribution in [-0.4, -0.2) is 18.0 Å². The third-order valence-corrected chi connectivity index (χ3v) is 10.2. The molecule has 3 aromatic heterocycles. The summed E-state index contributed by atoms with van der Waals surface area (Å²) in [6, 6.07) is 36.0. The van der Waals surface area contributed by atoms with E-state index in [1.165, 1.54) is 38.6 Å². The monoisotopic (exact) mass is 719 g/mol. The molecule has 2 nitrogen and oxygen atoms in total. The van der Waals surface area contributed by atoms with Crippen molar-refractivity contribution >= 4 is 44.8 Å². The second-order valence-corrected chi connectivity index (χ2v) is 17.0. The van der Waals surface area contributed by atoms with Crippen LogP contribution in [0.15, 0.2) is 97.3 Å². The van der Waals surface area contributed by atoms with Crippen molar-refractivity contribution in [2.45, 2.75) is 38.4 Å². The Balaban J connectivity index is 0.000000167. The molecule has 1 aliphatic rings. The number of hydrogen-bond acceptors (Lipinski definition) is 3. The predicted octanol–water partition coefficient (Wildman–Crippen LogP) is 8.89. The van der Waals surface area contributed by atoms with Crippen LogP contribution in [-0.2, 0) is 20.1 Å². The molecule has 0 spiro atoms. The van der Waals surface area contributed by atoms with E-state index in [9.17, 15) is 0 Å². The number of rotatable bonds is 4. The summed E-state index contributed by atoms with van der Waals surface area (Å²) in [6.07, 6.45) is 6.43. The third kappa shape index (κ3) is 5.97. The Bertz CT molecular complexity index is 1700. The maximum Gasteiger partial charge on any atom is 0.0783 e. The summed E-state index contributed by atoms with van der Waals surface area (Å²) in [6.45, 7) is 7.25. The Labute approximate surface area is 249 Å². The molecule has 0 N–H and O–H groups in total. The zero-order chi connectivity index (χ0) is 26.1. The molecule has 0 bridgehead atoms. The fourth-order valence-corrected chi connectivity index (χ4v) is 7.87. The van der Waals surface area contributed by atoms with Gasteiger partial charge in [0.25, 0.3) is 0 Å². The Hall–Kier alpha value is -2.95. The van der Waals surface area contributed by atoms with Crippen LogP contribution in [0.4, 0.5) is 0 Å². The zero-order valence-corrected chi connectivity index (χ0v) is 26.6. The van der Waals surface area contributed by atoms with Crippen LogP contribution < -0.4 is 5.19 Å². The molecule has 3 aromatic carbocycles. The number of benzene rings is 3. The van der Waals surface area contributed by atoms with Crippen LogP contribution >= 0.6 is 11.3 Å². The van der Waals surface area contributed by atoms with E-state index in [0.717, 1.165) is 28.4 Å². The molecule has 197 valence electrons. The van der Waals surface area contributed by atoms with Crippen LogP contribution in [0.1, 0.15) is 24.3 Å². The molecule has 5 heteroatoms. The number of pyridine rings is 2. The molecule has 7 rings (SSSR count). The number of nitrogens with zero attached hydrogens (tertiary/aromatic N) is 2. The van der Waals surface area contributed by atoms with Gasteiger partial charge in [-0.1, -0.05) is 66.1 Å². The van der Waals surface area contributed by atoms with Crippen molar-refractivity contribution in [3.63, 3.8) is 0 Å². The van der Waals surface area contributed by atoms with E-state index in [1.807, 2.05) is 60.1 Å². The molecule has 0 amide bonds. The quantitative estimate of drug-likeness (QED) is 0.135. The first-order valence-corrected chi connectivity index (χ1v) is 17.5. The Morgan fingerprint density at radius 3 is 2.33 bits per heavy atom. The molecule has 0 atom stereocenters. The number of thiophene rings is 1. The summed E-state index contributed by atoms with van der Waals surface area (Å²) in [7, 11) is -1.39. The molecule has 1 fully saturated rings. The summed E-state index contributed by atoms with van der Waals surface area (Å²) < 4.78 is 2.67. The Morgan fingerprint density at radius 1 is 0.795 bits per heavy atom. The zero-order valence-electron chi connectivity index (χ0n) is 22.4. The predicted molar refractivity (Wildman–Crippen MR) is 165 cm³/mol. The topological polar surface area (TPSA) is 25.8 Å². The van der Waals surface area contributed by atoms with E-state index in [0.29, 0.717) is 0 Å². The average molecular weight is 719 g/mol. The van der Waals surface area contributed by atoms with E-state index >= 15 is 0 Å².